The molecule has 0 unspecified atom stereocenters. The van der Waals surface area contributed by atoms with E-state index < -0.39 is 0 Å². The van der Waals surface area contributed by atoms with Crippen molar-refractivity contribution in [3.05, 3.63) is 63.9 Å². The maximum Gasteiger partial charge on any atom is 0.253 e. The second-order valence-corrected chi connectivity index (χ2v) is 6.98. The molecular formula is C21H19ClN6O. The maximum atomic E-state index is 12.4. The molecule has 0 spiro atoms. The van der Waals surface area contributed by atoms with Gasteiger partial charge in [-0.25, -0.2) is 15.0 Å². The van der Waals surface area contributed by atoms with Crippen molar-refractivity contribution in [2.45, 2.75) is 6.92 Å². The summed E-state index contributed by atoms with van der Waals surface area (Å²) in [6, 6.07) is 8.48. The number of nitrogens with two attached hydrogens (primary N) is 2. The van der Waals surface area contributed by atoms with E-state index in [-0.39, 0.29) is 11.9 Å². The van der Waals surface area contributed by atoms with Crippen LogP contribution >= 0.6 is 11.6 Å². The number of aryl methyl sites for hydroxylation is 1. The predicted octanol–water partition coefficient (Wildman–Crippen LogP) is 2.77. The van der Waals surface area contributed by atoms with Gasteiger partial charge < -0.3 is 16.4 Å². The molecule has 0 aliphatic carbocycles. The Morgan fingerprint density at radius 3 is 2.52 bits per heavy atom. The minimum atomic E-state index is -0.173. The molecule has 2 heterocycles. The zero-order valence-electron chi connectivity index (χ0n) is 16.2. The van der Waals surface area contributed by atoms with Crippen molar-refractivity contribution in [2.24, 2.45) is 0 Å². The molecule has 0 aliphatic rings. The van der Waals surface area contributed by atoms with Gasteiger partial charge in [0, 0.05) is 42.0 Å². The Morgan fingerprint density at radius 1 is 1.10 bits per heavy atom. The van der Waals surface area contributed by atoms with E-state index in [9.17, 15) is 4.79 Å². The SMILES string of the molecule is Cc1nc(N)nc(-c2cc(Cl)cc(C(=O)N(C)C)c2)c1C#Cc1ccc(N)nc1. The summed E-state index contributed by atoms with van der Waals surface area (Å²) in [5.41, 5.74) is 14.9. The number of rotatable bonds is 2. The van der Waals surface area contributed by atoms with Crippen LogP contribution in [0.25, 0.3) is 11.3 Å². The van der Waals surface area contributed by atoms with Gasteiger partial charge in [-0.2, -0.15) is 0 Å². The van der Waals surface area contributed by atoms with Gasteiger partial charge in [0.1, 0.15) is 5.82 Å². The molecule has 7 nitrogen and oxygen atoms in total. The van der Waals surface area contributed by atoms with E-state index >= 15 is 0 Å². The first-order valence-corrected chi connectivity index (χ1v) is 9.02. The van der Waals surface area contributed by atoms with Crippen LogP contribution in [0.4, 0.5) is 11.8 Å². The number of nitrogens with zero attached hydrogens (tertiary/aromatic N) is 4. The number of amides is 1. The lowest BCUT2D eigenvalue weighted by atomic mass is 10.0. The number of carbonyl (C=O) groups excluding carboxylic acids is 1. The van der Waals surface area contributed by atoms with Gasteiger partial charge in [-0.05, 0) is 37.3 Å². The number of pyridine rings is 1. The maximum absolute atomic E-state index is 12.4. The Bertz CT molecular complexity index is 1150. The van der Waals surface area contributed by atoms with Crippen LogP contribution in [-0.4, -0.2) is 39.9 Å². The first-order chi connectivity index (χ1) is 13.7. The molecule has 1 amide bonds. The third kappa shape index (κ3) is 4.62. The molecule has 29 heavy (non-hydrogen) atoms. The van der Waals surface area contributed by atoms with Crippen LogP contribution in [-0.2, 0) is 0 Å². The quantitative estimate of drug-likeness (QED) is 0.633. The highest BCUT2D eigenvalue weighted by molar-refractivity contribution is 6.31. The summed E-state index contributed by atoms with van der Waals surface area (Å²) in [7, 11) is 3.35. The molecule has 3 rings (SSSR count). The number of hydrogen-bond acceptors (Lipinski definition) is 6. The van der Waals surface area contributed by atoms with Crippen LogP contribution in [0.2, 0.25) is 5.02 Å². The van der Waals surface area contributed by atoms with Crippen molar-refractivity contribution < 1.29 is 4.79 Å². The van der Waals surface area contributed by atoms with Gasteiger partial charge in [0.05, 0.1) is 17.0 Å². The van der Waals surface area contributed by atoms with Crippen LogP contribution in [0.5, 0.6) is 0 Å². The van der Waals surface area contributed by atoms with E-state index in [1.54, 1.807) is 57.5 Å². The van der Waals surface area contributed by atoms with E-state index in [0.29, 0.717) is 44.5 Å². The average Bonchev–Trinajstić information content (AvgIpc) is 2.67. The Hall–Kier alpha value is -3.63. The lowest BCUT2D eigenvalue weighted by Crippen LogP contribution is -2.21. The van der Waals surface area contributed by atoms with Gasteiger partial charge >= 0.3 is 0 Å². The monoisotopic (exact) mass is 406 g/mol. The average molecular weight is 407 g/mol. The smallest absolute Gasteiger partial charge is 0.253 e. The van der Waals surface area contributed by atoms with Crippen LogP contribution in [0, 0.1) is 18.8 Å². The minimum absolute atomic E-state index is 0.109. The first-order valence-electron chi connectivity index (χ1n) is 8.65. The summed E-state index contributed by atoms with van der Waals surface area (Å²) >= 11 is 6.27. The summed E-state index contributed by atoms with van der Waals surface area (Å²) in [5.74, 6) is 6.47. The van der Waals surface area contributed by atoms with Crippen LogP contribution < -0.4 is 11.5 Å². The molecule has 0 saturated carbocycles. The number of anilines is 2. The standard InChI is InChI=1S/C21H19ClN6O/c1-12-17(6-4-13-5-7-18(23)25-11-13)19(27-21(24)26-12)14-8-15(10-16(22)9-14)20(29)28(2)3/h5,7-11H,1-3H3,(H2,23,25)(H2,24,26,27). The van der Waals surface area contributed by atoms with Crippen molar-refractivity contribution in [2.75, 3.05) is 25.6 Å². The van der Waals surface area contributed by atoms with Gasteiger partial charge in [-0.1, -0.05) is 23.4 Å². The summed E-state index contributed by atoms with van der Waals surface area (Å²) < 4.78 is 0. The summed E-state index contributed by atoms with van der Waals surface area (Å²) in [4.78, 5) is 26.5. The number of carbonyl (C=O) groups is 1. The molecule has 0 bridgehead atoms. The summed E-state index contributed by atoms with van der Waals surface area (Å²) in [5, 5.41) is 0.407. The molecular weight excluding hydrogens is 388 g/mol. The van der Waals surface area contributed by atoms with E-state index in [2.05, 4.69) is 26.8 Å². The molecule has 0 saturated heterocycles. The second kappa shape index (κ2) is 8.17. The van der Waals surface area contributed by atoms with E-state index in [0.717, 1.165) is 0 Å². The highest BCUT2D eigenvalue weighted by atomic mass is 35.5. The van der Waals surface area contributed by atoms with Crippen LogP contribution in [0.15, 0.2) is 36.5 Å². The fourth-order valence-corrected chi connectivity index (χ4v) is 2.91. The number of nitrogen functional groups attached to an aromatic ring is 2. The fourth-order valence-electron chi connectivity index (χ4n) is 2.68. The molecule has 8 heteroatoms. The fraction of sp³-hybridized carbons (Fsp3) is 0.143. The van der Waals surface area contributed by atoms with Gasteiger partial charge in [0.15, 0.2) is 0 Å². The van der Waals surface area contributed by atoms with Crippen LogP contribution in [0.1, 0.15) is 27.2 Å². The molecule has 0 fully saturated rings. The zero-order chi connectivity index (χ0) is 21.1. The normalized spacial score (nSPS) is 10.2. The third-order valence-corrected chi connectivity index (χ3v) is 4.27. The summed E-state index contributed by atoms with van der Waals surface area (Å²) in [6.07, 6.45) is 1.59. The number of hydrogen-bond donors (Lipinski definition) is 2. The Balaban J connectivity index is 2.16. The Labute approximate surface area is 173 Å². The topological polar surface area (TPSA) is 111 Å². The van der Waals surface area contributed by atoms with Crippen molar-refractivity contribution in [1.82, 2.24) is 19.9 Å². The molecule has 146 valence electrons. The largest absolute Gasteiger partial charge is 0.384 e. The number of benzene rings is 1. The molecule has 2 aromatic heterocycles. The molecule has 1 aromatic carbocycles. The van der Waals surface area contributed by atoms with Crippen molar-refractivity contribution in [3.8, 4) is 23.1 Å². The highest BCUT2D eigenvalue weighted by Crippen LogP contribution is 2.28. The molecule has 0 aliphatic heterocycles. The van der Waals surface area contributed by atoms with E-state index in [1.807, 2.05) is 0 Å². The van der Waals surface area contributed by atoms with Gasteiger partial charge in [-0.15, -0.1) is 0 Å². The first kappa shape index (κ1) is 20.1. The van der Waals surface area contributed by atoms with Crippen molar-refractivity contribution >= 4 is 29.3 Å². The van der Waals surface area contributed by atoms with Crippen molar-refractivity contribution in [1.29, 1.82) is 0 Å². The molecule has 4 N–H and O–H groups in total. The van der Waals surface area contributed by atoms with Crippen molar-refractivity contribution in [3.63, 3.8) is 0 Å². The lowest BCUT2D eigenvalue weighted by molar-refractivity contribution is 0.0827. The Morgan fingerprint density at radius 2 is 1.86 bits per heavy atom. The molecule has 0 atom stereocenters. The number of aromatic nitrogens is 3. The number of halogens is 1. The Kier molecular flexibility index (Phi) is 5.66. The molecule has 3 aromatic rings. The lowest BCUT2D eigenvalue weighted by Gasteiger charge is -2.13. The van der Waals surface area contributed by atoms with E-state index in [4.69, 9.17) is 23.1 Å². The zero-order valence-corrected chi connectivity index (χ0v) is 16.9. The molecule has 0 radical (unpaired) electrons. The predicted molar refractivity (Wildman–Crippen MR) is 114 cm³/mol. The minimum Gasteiger partial charge on any atom is -0.384 e. The van der Waals surface area contributed by atoms with Gasteiger partial charge in [0.25, 0.3) is 5.91 Å². The van der Waals surface area contributed by atoms with Gasteiger partial charge in [-0.3, -0.25) is 4.79 Å². The van der Waals surface area contributed by atoms with Gasteiger partial charge in [0.2, 0.25) is 5.95 Å². The third-order valence-electron chi connectivity index (χ3n) is 4.05. The second-order valence-electron chi connectivity index (χ2n) is 6.54. The van der Waals surface area contributed by atoms with E-state index in [1.165, 1.54) is 4.90 Å². The summed E-state index contributed by atoms with van der Waals surface area (Å²) in [6.45, 7) is 1.79. The highest BCUT2D eigenvalue weighted by Gasteiger charge is 2.16. The van der Waals surface area contributed by atoms with Crippen LogP contribution in [0.3, 0.4) is 0 Å².